The third kappa shape index (κ3) is 4.49. The Morgan fingerprint density at radius 3 is 2.88 bits per heavy atom. The third-order valence-corrected chi connectivity index (χ3v) is 2.58. The second kappa shape index (κ2) is 7.06. The fourth-order valence-electron chi connectivity index (χ4n) is 1.74. The summed E-state index contributed by atoms with van der Waals surface area (Å²) in [6.45, 7) is 3.24. The standard InChI is InChI=1S/C12H21N3O/c1-2-4-10(7-8-16)9-14-12-6-3-5-11(13)15-12/h3,5-6,10,16H,2,4,7-9H2,1H3,(H3,13,14,15). The topological polar surface area (TPSA) is 71.2 Å². The van der Waals surface area contributed by atoms with Crippen molar-refractivity contribution in [2.75, 3.05) is 24.2 Å². The summed E-state index contributed by atoms with van der Waals surface area (Å²) in [5.74, 6) is 1.83. The molecule has 0 saturated heterocycles. The first-order valence-corrected chi connectivity index (χ1v) is 5.83. The van der Waals surface area contributed by atoms with Gasteiger partial charge in [0, 0.05) is 13.2 Å². The molecular formula is C12H21N3O. The van der Waals surface area contributed by atoms with Crippen LogP contribution in [0.3, 0.4) is 0 Å². The minimum Gasteiger partial charge on any atom is -0.396 e. The Morgan fingerprint density at radius 2 is 2.25 bits per heavy atom. The number of hydrogen-bond acceptors (Lipinski definition) is 4. The molecule has 0 saturated carbocycles. The maximum absolute atomic E-state index is 8.94. The number of anilines is 2. The molecule has 16 heavy (non-hydrogen) atoms. The molecule has 1 atom stereocenters. The van der Waals surface area contributed by atoms with E-state index in [0.717, 1.165) is 31.6 Å². The van der Waals surface area contributed by atoms with Crippen LogP contribution in [0.15, 0.2) is 18.2 Å². The van der Waals surface area contributed by atoms with Gasteiger partial charge < -0.3 is 16.2 Å². The van der Waals surface area contributed by atoms with E-state index in [1.807, 2.05) is 12.1 Å². The molecule has 1 rings (SSSR count). The minimum atomic E-state index is 0.247. The van der Waals surface area contributed by atoms with Gasteiger partial charge in [-0.05, 0) is 30.9 Å². The van der Waals surface area contributed by atoms with Gasteiger partial charge in [0.15, 0.2) is 0 Å². The molecular weight excluding hydrogens is 202 g/mol. The lowest BCUT2D eigenvalue weighted by atomic mass is 10.0. The average Bonchev–Trinajstić information content (AvgIpc) is 2.27. The van der Waals surface area contributed by atoms with Crippen molar-refractivity contribution in [1.82, 2.24) is 4.98 Å². The third-order valence-electron chi connectivity index (χ3n) is 2.58. The zero-order valence-electron chi connectivity index (χ0n) is 9.82. The Kier molecular flexibility index (Phi) is 5.64. The quantitative estimate of drug-likeness (QED) is 0.660. The molecule has 0 aliphatic heterocycles. The highest BCUT2D eigenvalue weighted by atomic mass is 16.3. The number of rotatable bonds is 7. The van der Waals surface area contributed by atoms with Gasteiger partial charge in [0.05, 0.1) is 0 Å². The Hall–Kier alpha value is -1.29. The van der Waals surface area contributed by atoms with Crippen molar-refractivity contribution in [2.24, 2.45) is 5.92 Å². The highest BCUT2D eigenvalue weighted by molar-refractivity contribution is 5.42. The molecule has 0 aromatic carbocycles. The summed E-state index contributed by atoms with van der Waals surface area (Å²) >= 11 is 0. The van der Waals surface area contributed by atoms with Gasteiger partial charge in [-0.2, -0.15) is 0 Å². The van der Waals surface area contributed by atoms with E-state index < -0.39 is 0 Å². The maximum atomic E-state index is 8.94. The number of aliphatic hydroxyl groups excluding tert-OH is 1. The van der Waals surface area contributed by atoms with Crippen LogP contribution in [0.25, 0.3) is 0 Å². The highest BCUT2D eigenvalue weighted by Crippen LogP contribution is 2.13. The molecule has 90 valence electrons. The first-order chi connectivity index (χ1) is 7.76. The summed E-state index contributed by atoms with van der Waals surface area (Å²) in [5.41, 5.74) is 5.59. The van der Waals surface area contributed by atoms with E-state index in [4.69, 9.17) is 10.8 Å². The lowest BCUT2D eigenvalue weighted by Crippen LogP contribution is -2.16. The average molecular weight is 223 g/mol. The van der Waals surface area contributed by atoms with Gasteiger partial charge in [-0.25, -0.2) is 4.98 Å². The fraction of sp³-hybridized carbons (Fsp3) is 0.583. The molecule has 1 aromatic heterocycles. The lowest BCUT2D eigenvalue weighted by molar-refractivity contribution is 0.255. The molecule has 1 unspecified atom stereocenters. The summed E-state index contributed by atoms with van der Waals surface area (Å²) in [7, 11) is 0. The van der Waals surface area contributed by atoms with Gasteiger partial charge >= 0.3 is 0 Å². The molecule has 1 aromatic rings. The van der Waals surface area contributed by atoms with E-state index >= 15 is 0 Å². The van der Waals surface area contributed by atoms with Crippen LogP contribution >= 0.6 is 0 Å². The number of aromatic nitrogens is 1. The van der Waals surface area contributed by atoms with E-state index in [2.05, 4.69) is 17.2 Å². The van der Waals surface area contributed by atoms with Crippen molar-refractivity contribution in [1.29, 1.82) is 0 Å². The predicted molar refractivity (Wildman–Crippen MR) is 67.2 cm³/mol. The van der Waals surface area contributed by atoms with E-state index in [1.165, 1.54) is 0 Å². The molecule has 4 nitrogen and oxygen atoms in total. The van der Waals surface area contributed by atoms with Crippen molar-refractivity contribution in [3.63, 3.8) is 0 Å². The van der Waals surface area contributed by atoms with Crippen molar-refractivity contribution in [2.45, 2.75) is 26.2 Å². The normalized spacial score (nSPS) is 12.4. The van der Waals surface area contributed by atoms with Crippen LogP contribution in [0.2, 0.25) is 0 Å². The maximum Gasteiger partial charge on any atom is 0.128 e. The van der Waals surface area contributed by atoms with Crippen LogP contribution in [0.1, 0.15) is 26.2 Å². The number of nitrogen functional groups attached to an aromatic ring is 1. The second-order valence-corrected chi connectivity index (χ2v) is 4.00. The predicted octanol–water partition coefficient (Wildman–Crippen LogP) is 1.87. The summed E-state index contributed by atoms with van der Waals surface area (Å²) in [5, 5.41) is 12.2. The number of nitrogens with one attached hydrogen (secondary N) is 1. The van der Waals surface area contributed by atoms with E-state index in [9.17, 15) is 0 Å². The number of aliphatic hydroxyl groups is 1. The molecule has 0 spiro atoms. The number of pyridine rings is 1. The first-order valence-electron chi connectivity index (χ1n) is 5.83. The van der Waals surface area contributed by atoms with Crippen LogP contribution in [-0.4, -0.2) is 23.2 Å². The second-order valence-electron chi connectivity index (χ2n) is 4.00. The summed E-state index contributed by atoms with van der Waals surface area (Å²) in [4.78, 5) is 4.17. The molecule has 4 N–H and O–H groups in total. The van der Waals surface area contributed by atoms with E-state index in [-0.39, 0.29) is 6.61 Å². The van der Waals surface area contributed by atoms with Gasteiger partial charge in [-0.1, -0.05) is 19.4 Å². The molecule has 0 radical (unpaired) electrons. The molecule has 0 aliphatic carbocycles. The zero-order chi connectivity index (χ0) is 11.8. The van der Waals surface area contributed by atoms with Crippen molar-refractivity contribution < 1.29 is 5.11 Å². The van der Waals surface area contributed by atoms with Crippen LogP contribution < -0.4 is 11.1 Å². The monoisotopic (exact) mass is 223 g/mol. The van der Waals surface area contributed by atoms with E-state index in [0.29, 0.717) is 11.7 Å². The largest absolute Gasteiger partial charge is 0.396 e. The van der Waals surface area contributed by atoms with Gasteiger partial charge in [-0.3, -0.25) is 0 Å². The van der Waals surface area contributed by atoms with Crippen molar-refractivity contribution in [3.8, 4) is 0 Å². The van der Waals surface area contributed by atoms with E-state index in [1.54, 1.807) is 6.07 Å². The molecule has 0 bridgehead atoms. The molecule has 4 heteroatoms. The Morgan fingerprint density at radius 1 is 1.44 bits per heavy atom. The summed E-state index contributed by atoms with van der Waals surface area (Å²) < 4.78 is 0. The zero-order valence-corrected chi connectivity index (χ0v) is 9.82. The van der Waals surface area contributed by atoms with Gasteiger partial charge in [0.25, 0.3) is 0 Å². The van der Waals surface area contributed by atoms with Crippen molar-refractivity contribution in [3.05, 3.63) is 18.2 Å². The molecule has 0 amide bonds. The lowest BCUT2D eigenvalue weighted by Gasteiger charge is -2.16. The number of nitrogens with two attached hydrogens (primary N) is 1. The van der Waals surface area contributed by atoms with Crippen molar-refractivity contribution >= 4 is 11.6 Å². The van der Waals surface area contributed by atoms with Gasteiger partial charge in [0.2, 0.25) is 0 Å². The van der Waals surface area contributed by atoms with Gasteiger partial charge in [-0.15, -0.1) is 0 Å². The molecule has 0 aliphatic rings. The molecule has 0 fully saturated rings. The first kappa shape index (κ1) is 12.8. The Bertz CT molecular complexity index is 298. The number of hydrogen-bond donors (Lipinski definition) is 3. The summed E-state index contributed by atoms with van der Waals surface area (Å²) in [6.07, 6.45) is 3.09. The Labute approximate surface area is 96.9 Å². The van der Waals surface area contributed by atoms with Crippen LogP contribution in [0.5, 0.6) is 0 Å². The fourth-order valence-corrected chi connectivity index (χ4v) is 1.74. The smallest absolute Gasteiger partial charge is 0.128 e. The minimum absolute atomic E-state index is 0.247. The van der Waals surface area contributed by atoms with Crippen LogP contribution in [0.4, 0.5) is 11.6 Å². The highest BCUT2D eigenvalue weighted by Gasteiger charge is 2.07. The summed E-state index contributed by atoms with van der Waals surface area (Å²) in [6, 6.07) is 5.55. The van der Waals surface area contributed by atoms with Crippen LogP contribution in [0, 0.1) is 5.92 Å². The van der Waals surface area contributed by atoms with Gasteiger partial charge in [0.1, 0.15) is 11.6 Å². The Balaban J connectivity index is 2.41. The van der Waals surface area contributed by atoms with Crippen LogP contribution in [-0.2, 0) is 0 Å². The molecule has 1 heterocycles. The SMILES string of the molecule is CCCC(CCO)CNc1cccc(N)n1. The number of nitrogens with zero attached hydrogens (tertiary/aromatic N) is 1.